The molecule has 0 amide bonds. The second kappa shape index (κ2) is 6.55. The third-order valence-corrected chi connectivity index (χ3v) is 2.92. The van der Waals surface area contributed by atoms with Gasteiger partial charge in [-0.15, -0.1) is 0 Å². The highest BCUT2D eigenvalue weighted by atomic mass is 19.1. The average molecular weight is 305 g/mol. The minimum atomic E-state index is -0.396. The summed E-state index contributed by atoms with van der Waals surface area (Å²) in [6, 6.07) is 4.34. The van der Waals surface area contributed by atoms with Crippen LogP contribution in [-0.2, 0) is 0 Å². The van der Waals surface area contributed by atoms with Crippen molar-refractivity contribution in [3.63, 3.8) is 0 Å². The van der Waals surface area contributed by atoms with E-state index in [1.54, 1.807) is 11.0 Å². The molecule has 1 aromatic heterocycles. The van der Waals surface area contributed by atoms with Crippen LogP contribution in [0, 0.1) is 5.82 Å². The predicted octanol–water partition coefficient (Wildman–Crippen LogP) is 2.95. The van der Waals surface area contributed by atoms with Gasteiger partial charge in [0.05, 0.1) is 7.11 Å². The zero-order chi connectivity index (χ0) is 16.3. The van der Waals surface area contributed by atoms with E-state index in [4.69, 9.17) is 4.74 Å². The SMILES string of the molecule is COc1cc(F)cc(Nc2nc(C(C)C)nc(N(C)C)n2)c1. The number of hydrogen-bond acceptors (Lipinski definition) is 6. The van der Waals surface area contributed by atoms with Gasteiger partial charge >= 0.3 is 0 Å². The molecular weight excluding hydrogens is 285 g/mol. The van der Waals surface area contributed by atoms with Gasteiger partial charge in [0.2, 0.25) is 11.9 Å². The van der Waals surface area contributed by atoms with E-state index in [2.05, 4.69) is 20.3 Å². The van der Waals surface area contributed by atoms with E-state index in [1.807, 2.05) is 27.9 Å². The summed E-state index contributed by atoms with van der Waals surface area (Å²) in [5.41, 5.74) is 0.516. The van der Waals surface area contributed by atoms with Crippen LogP contribution < -0.4 is 15.0 Å². The van der Waals surface area contributed by atoms with Crippen molar-refractivity contribution < 1.29 is 9.13 Å². The number of nitrogens with zero attached hydrogens (tertiary/aromatic N) is 4. The van der Waals surface area contributed by atoms with Crippen LogP contribution >= 0.6 is 0 Å². The largest absolute Gasteiger partial charge is 0.497 e. The van der Waals surface area contributed by atoms with Crippen molar-refractivity contribution in [3.05, 3.63) is 29.8 Å². The first-order valence-corrected chi connectivity index (χ1v) is 6.94. The molecule has 0 atom stereocenters. The molecule has 6 nitrogen and oxygen atoms in total. The molecule has 118 valence electrons. The van der Waals surface area contributed by atoms with Crippen LogP contribution in [0.25, 0.3) is 0 Å². The molecule has 1 aromatic carbocycles. The third kappa shape index (κ3) is 3.81. The van der Waals surface area contributed by atoms with Gasteiger partial charge in [-0.05, 0) is 6.07 Å². The minimum Gasteiger partial charge on any atom is -0.497 e. The Kier molecular flexibility index (Phi) is 4.75. The fourth-order valence-electron chi connectivity index (χ4n) is 1.78. The predicted molar refractivity (Wildman–Crippen MR) is 84.5 cm³/mol. The smallest absolute Gasteiger partial charge is 0.232 e. The molecule has 2 aromatic rings. The standard InChI is InChI=1S/C15H20FN5O/c1-9(2)13-18-14(20-15(19-13)21(3)4)17-11-6-10(16)7-12(8-11)22-5/h6-9H,1-5H3,(H,17,18,19,20). The number of nitrogens with one attached hydrogen (secondary N) is 1. The molecule has 0 saturated heterocycles. The average Bonchev–Trinajstić information content (AvgIpc) is 2.46. The van der Waals surface area contributed by atoms with E-state index in [0.717, 1.165) is 0 Å². The second-order valence-corrected chi connectivity index (χ2v) is 5.37. The molecule has 0 aliphatic heterocycles. The molecule has 0 bridgehead atoms. The normalized spacial score (nSPS) is 10.7. The summed E-state index contributed by atoms with van der Waals surface area (Å²) in [5.74, 6) is 1.77. The number of anilines is 3. The topological polar surface area (TPSA) is 63.2 Å². The number of ether oxygens (including phenoxy) is 1. The molecule has 0 aliphatic rings. The van der Waals surface area contributed by atoms with Crippen LogP contribution in [0.1, 0.15) is 25.6 Å². The zero-order valence-corrected chi connectivity index (χ0v) is 13.4. The van der Waals surface area contributed by atoms with E-state index in [0.29, 0.717) is 29.2 Å². The number of methoxy groups -OCH3 is 1. The molecule has 0 fully saturated rings. The monoisotopic (exact) mass is 305 g/mol. The molecule has 22 heavy (non-hydrogen) atoms. The summed E-state index contributed by atoms with van der Waals surface area (Å²) in [4.78, 5) is 14.9. The lowest BCUT2D eigenvalue weighted by molar-refractivity contribution is 0.411. The molecule has 1 N–H and O–H groups in total. The molecule has 2 rings (SSSR count). The van der Waals surface area contributed by atoms with Gasteiger partial charge in [0.1, 0.15) is 17.4 Å². The van der Waals surface area contributed by atoms with Crippen LogP contribution in [0.4, 0.5) is 22.0 Å². The number of halogens is 1. The van der Waals surface area contributed by atoms with Gasteiger partial charge in [0.15, 0.2) is 0 Å². The molecule has 0 saturated carbocycles. The fourth-order valence-corrected chi connectivity index (χ4v) is 1.78. The van der Waals surface area contributed by atoms with Gasteiger partial charge in [-0.2, -0.15) is 15.0 Å². The highest BCUT2D eigenvalue weighted by Crippen LogP contribution is 2.23. The van der Waals surface area contributed by atoms with Crippen molar-refractivity contribution >= 4 is 17.6 Å². The second-order valence-electron chi connectivity index (χ2n) is 5.37. The van der Waals surface area contributed by atoms with E-state index in [-0.39, 0.29) is 5.92 Å². The summed E-state index contributed by atoms with van der Waals surface area (Å²) in [6.07, 6.45) is 0. The maximum Gasteiger partial charge on any atom is 0.232 e. The number of rotatable bonds is 5. The molecule has 0 radical (unpaired) electrons. The first-order valence-electron chi connectivity index (χ1n) is 6.94. The fraction of sp³-hybridized carbons (Fsp3) is 0.400. The first-order chi connectivity index (χ1) is 10.4. The Bertz CT molecular complexity index is 634. The number of hydrogen-bond donors (Lipinski definition) is 1. The lowest BCUT2D eigenvalue weighted by Crippen LogP contribution is -2.16. The minimum absolute atomic E-state index is 0.157. The van der Waals surface area contributed by atoms with Crippen LogP contribution in [0.2, 0.25) is 0 Å². The van der Waals surface area contributed by atoms with Crippen molar-refractivity contribution in [1.82, 2.24) is 15.0 Å². The first kappa shape index (κ1) is 15.9. The maximum absolute atomic E-state index is 13.6. The van der Waals surface area contributed by atoms with Crippen molar-refractivity contribution in [2.75, 3.05) is 31.4 Å². The van der Waals surface area contributed by atoms with Gasteiger partial charge in [-0.1, -0.05) is 13.8 Å². The van der Waals surface area contributed by atoms with Crippen molar-refractivity contribution in [2.24, 2.45) is 0 Å². The summed E-state index contributed by atoms with van der Waals surface area (Å²) in [7, 11) is 5.20. The maximum atomic E-state index is 13.6. The van der Waals surface area contributed by atoms with Crippen molar-refractivity contribution in [3.8, 4) is 5.75 Å². The van der Waals surface area contributed by atoms with Crippen molar-refractivity contribution in [1.29, 1.82) is 0 Å². The van der Waals surface area contributed by atoms with Gasteiger partial charge in [0, 0.05) is 37.8 Å². The van der Waals surface area contributed by atoms with E-state index in [1.165, 1.54) is 19.2 Å². The third-order valence-electron chi connectivity index (χ3n) is 2.92. The number of aromatic nitrogens is 3. The Morgan fingerprint density at radius 3 is 2.45 bits per heavy atom. The highest BCUT2D eigenvalue weighted by molar-refractivity contribution is 5.57. The summed E-state index contributed by atoms with van der Waals surface area (Å²) >= 11 is 0. The Morgan fingerprint density at radius 1 is 1.14 bits per heavy atom. The van der Waals surface area contributed by atoms with Crippen LogP contribution in [-0.4, -0.2) is 36.2 Å². The Labute approximate surface area is 129 Å². The van der Waals surface area contributed by atoms with Gasteiger partial charge in [-0.25, -0.2) is 4.39 Å². The molecule has 7 heteroatoms. The quantitative estimate of drug-likeness (QED) is 0.916. The van der Waals surface area contributed by atoms with Gasteiger partial charge in [0.25, 0.3) is 0 Å². The Balaban J connectivity index is 2.38. The van der Waals surface area contributed by atoms with Crippen LogP contribution in [0.3, 0.4) is 0 Å². The molecule has 0 aliphatic carbocycles. The van der Waals surface area contributed by atoms with E-state index in [9.17, 15) is 4.39 Å². The number of benzene rings is 1. The summed E-state index contributed by atoms with van der Waals surface area (Å²) in [6.45, 7) is 4.01. The molecule has 0 unspecified atom stereocenters. The van der Waals surface area contributed by atoms with E-state index < -0.39 is 5.82 Å². The molecule has 0 spiro atoms. The van der Waals surface area contributed by atoms with E-state index >= 15 is 0 Å². The van der Waals surface area contributed by atoms with Gasteiger partial charge < -0.3 is 15.0 Å². The van der Waals surface area contributed by atoms with Gasteiger partial charge in [-0.3, -0.25) is 0 Å². The lowest BCUT2D eigenvalue weighted by atomic mass is 10.2. The Morgan fingerprint density at radius 2 is 1.86 bits per heavy atom. The summed E-state index contributed by atoms with van der Waals surface area (Å²) in [5, 5.41) is 3.00. The van der Waals surface area contributed by atoms with Crippen LogP contribution in [0.5, 0.6) is 5.75 Å². The zero-order valence-electron chi connectivity index (χ0n) is 13.4. The van der Waals surface area contributed by atoms with Crippen molar-refractivity contribution in [2.45, 2.75) is 19.8 Å². The lowest BCUT2D eigenvalue weighted by Gasteiger charge is -2.15. The Hall–Kier alpha value is -2.44. The molecule has 1 heterocycles. The van der Waals surface area contributed by atoms with Crippen LogP contribution in [0.15, 0.2) is 18.2 Å². The molecular formula is C15H20FN5O. The summed E-state index contributed by atoms with van der Waals surface area (Å²) < 4.78 is 18.6. The highest BCUT2D eigenvalue weighted by Gasteiger charge is 2.12.